The van der Waals surface area contributed by atoms with E-state index in [0.29, 0.717) is 11.4 Å². The van der Waals surface area contributed by atoms with E-state index in [4.69, 9.17) is 4.42 Å². The van der Waals surface area contributed by atoms with Crippen molar-refractivity contribution in [2.75, 3.05) is 5.32 Å². The van der Waals surface area contributed by atoms with Gasteiger partial charge in [-0.15, -0.1) is 11.3 Å². The molecule has 6 heteroatoms. The summed E-state index contributed by atoms with van der Waals surface area (Å²) >= 11 is 1.53. The molecule has 3 heterocycles. The van der Waals surface area contributed by atoms with Gasteiger partial charge in [-0.3, -0.25) is 9.78 Å². The topological polar surface area (TPSA) is 68.0 Å². The van der Waals surface area contributed by atoms with Gasteiger partial charge in [0.05, 0.1) is 27.6 Å². The second kappa shape index (κ2) is 6.34. The molecule has 130 valence electrons. The Bertz CT molecular complexity index is 1260. The number of hydrogen-bond acceptors (Lipinski definition) is 5. The van der Waals surface area contributed by atoms with Crippen LogP contribution >= 0.6 is 11.3 Å². The van der Waals surface area contributed by atoms with Gasteiger partial charge in [-0.05, 0) is 36.4 Å². The van der Waals surface area contributed by atoms with Crippen molar-refractivity contribution < 1.29 is 9.21 Å². The number of para-hydroxylation sites is 2. The molecule has 1 N–H and O–H groups in total. The molecule has 0 atom stereocenters. The lowest BCUT2D eigenvalue weighted by atomic mass is 10.2. The first-order chi connectivity index (χ1) is 13.3. The minimum absolute atomic E-state index is 0.234. The van der Waals surface area contributed by atoms with Crippen molar-refractivity contribution >= 4 is 44.1 Å². The number of fused-ring (bicyclic) bond motifs is 2. The van der Waals surface area contributed by atoms with Crippen LogP contribution < -0.4 is 5.32 Å². The fourth-order valence-electron chi connectivity index (χ4n) is 2.88. The highest BCUT2D eigenvalue weighted by molar-refractivity contribution is 7.21. The maximum Gasteiger partial charge on any atom is 0.291 e. The predicted molar refractivity (Wildman–Crippen MR) is 107 cm³/mol. The van der Waals surface area contributed by atoms with Crippen LogP contribution in [0.15, 0.2) is 77.3 Å². The SMILES string of the molecule is O=C(Nc1cnc2ccccc2c1)c1ccc(-c2nc3ccccc3s2)o1. The van der Waals surface area contributed by atoms with E-state index < -0.39 is 0 Å². The summed E-state index contributed by atoms with van der Waals surface area (Å²) in [5, 5.41) is 4.54. The second-order valence-electron chi connectivity index (χ2n) is 6.02. The van der Waals surface area contributed by atoms with Crippen molar-refractivity contribution in [2.45, 2.75) is 0 Å². The summed E-state index contributed by atoms with van der Waals surface area (Å²) in [4.78, 5) is 21.4. The van der Waals surface area contributed by atoms with Crippen molar-refractivity contribution in [1.82, 2.24) is 9.97 Å². The zero-order valence-electron chi connectivity index (χ0n) is 14.0. The third-order valence-corrected chi connectivity index (χ3v) is 5.23. The van der Waals surface area contributed by atoms with Crippen molar-refractivity contribution in [3.63, 3.8) is 0 Å². The van der Waals surface area contributed by atoms with E-state index in [-0.39, 0.29) is 11.7 Å². The van der Waals surface area contributed by atoms with Crippen LogP contribution in [0.1, 0.15) is 10.6 Å². The number of anilines is 1. The molecule has 5 aromatic rings. The Morgan fingerprint density at radius 1 is 0.963 bits per heavy atom. The van der Waals surface area contributed by atoms with Crippen molar-refractivity contribution in [1.29, 1.82) is 0 Å². The van der Waals surface area contributed by atoms with E-state index in [1.807, 2.05) is 54.6 Å². The quantitative estimate of drug-likeness (QED) is 0.464. The molecule has 0 saturated carbocycles. The summed E-state index contributed by atoms with van der Waals surface area (Å²) in [5.41, 5.74) is 2.42. The maximum absolute atomic E-state index is 12.5. The Balaban J connectivity index is 1.40. The number of nitrogens with zero attached hydrogens (tertiary/aromatic N) is 2. The van der Waals surface area contributed by atoms with Crippen LogP contribution in [-0.4, -0.2) is 15.9 Å². The van der Waals surface area contributed by atoms with E-state index >= 15 is 0 Å². The van der Waals surface area contributed by atoms with Crippen LogP contribution in [0.4, 0.5) is 5.69 Å². The normalized spacial score (nSPS) is 11.1. The molecular formula is C21H13N3O2S. The van der Waals surface area contributed by atoms with Gasteiger partial charge in [-0.1, -0.05) is 30.3 Å². The second-order valence-corrected chi connectivity index (χ2v) is 7.05. The van der Waals surface area contributed by atoms with Crippen LogP contribution in [0.5, 0.6) is 0 Å². The monoisotopic (exact) mass is 371 g/mol. The van der Waals surface area contributed by atoms with Gasteiger partial charge in [0.25, 0.3) is 5.91 Å². The van der Waals surface area contributed by atoms with Gasteiger partial charge in [-0.25, -0.2) is 4.98 Å². The highest BCUT2D eigenvalue weighted by atomic mass is 32.1. The zero-order chi connectivity index (χ0) is 18.2. The van der Waals surface area contributed by atoms with E-state index in [2.05, 4.69) is 15.3 Å². The van der Waals surface area contributed by atoms with Gasteiger partial charge in [0.2, 0.25) is 0 Å². The summed E-state index contributed by atoms with van der Waals surface area (Å²) in [7, 11) is 0. The summed E-state index contributed by atoms with van der Waals surface area (Å²) < 4.78 is 6.82. The number of thiazole rings is 1. The third-order valence-electron chi connectivity index (χ3n) is 4.18. The molecule has 0 fully saturated rings. The maximum atomic E-state index is 12.5. The predicted octanol–water partition coefficient (Wildman–Crippen LogP) is 5.36. The summed E-state index contributed by atoms with van der Waals surface area (Å²) in [6.07, 6.45) is 1.64. The number of benzene rings is 2. The highest BCUT2D eigenvalue weighted by Gasteiger charge is 2.15. The lowest BCUT2D eigenvalue weighted by Crippen LogP contribution is -2.10. The van der Waals surface area contributed by atoms with Crippen molar-refractivity contribution in [2.24, 2.45) is 0 Å². The van der Waals surface area contributed by atoms with Crippen molar-refractivity contribution in [3.05, 3.63) is 78.7 Å². The summed E-state index contributed by atoms with van der Waals surface area (Å²) in [6.45, 7) is 0. The van der Waals surface area contributed by atoms with Crippen LogP contribution in [0, 0.1) is 0 Å². The fraction of sp³-hybridized carbons (Fsp3) is 0. The number of nitrogens with one attached hydrogen (secondary N) is 1. The standard InChI is InChI=1S/C21H13N3O2S/c25-20(23-14-11-13-5-1-2-6-15(13)22-12-14)17-9-10-18(26-17)21-24-16-7-3-4-8-19(16)27-21/h1-12H,(H,23,25). The number of carbonyl (C=O) groups is 1. The van der Waals surface area contributed by atoms with E-state index in [1.165, 1.54) is 11.3 Å². The summed E-state index contributed by atoms with van der Waals surface area (Å²) in [6, 6.07) is 21.0. The van der Waals surface area contributed by atoms with Crippen LogP contribution in [0.3, 0.4) is 0 Å². The van der Waals surface area contributed by atoms with E-state index in [9.17, 15) is 4.79 Å². The van der Waals surface area contributed by atoms with Gasteiger partial charge in [0, 0.05) is 5.39 Å². The fourth-order valence-corrected chi connectivity index (χ4v) is 3.81. The number of hydrogen-bond donors (Lipinski definition) is 1. The van der Waals surface area contributed by atoms with Gasteiger partial charge < -0.3 is 9.73 Å². The van der Waals surface area contributed by atoms with Crippen LogP contribution in [0.2, 0.25) is 0 Å². The Morgan fingerprint density at radius 2 is 1.78 bits per heavy atom. The minimum Gasteiger partial charge on any atom is -0.448 e. The molecule has 0 radical (unpaired) electrons. The van der Waals surface area contributed by atoms with Crippen LogP contribution in [-0.2, 0) is 0 Å². The van der Waals surface area contributed by atoms with E-state index in [0.717, 1.165) is 26.1 Å². The molecule has 0 saturated heterocycles. The molecule has 5 rings (SSSR count). The average molecular weight is 371 g/mol. The summed E-state index contributed by atoms with van der Waals surface area (Å²) in [5.74, 6) is 0.495. The number of aromatic nitrogens is 2. The average Bonchev–Trinajstić information content (AvgIpc) is 3.35. The van der Waals surface area contributed by atoms with Gasteiger partial charge >= 0.3 is 0 Å². The molecule has 0 bridgehead atoms. The largest absolute Gasteiger partial charge is 0.448 e. The molecule has 2 aromatic carbocycles. The molecular weight excluding hydrogens is 358 g/mol. The third kappa shape index (κ3) is 2.96. The van der Waals surface area contributed by atoms with E-state index in [1.54, 1.807) is 18.3 Å². The molecule has 0 spiro atoms. The van der Waals surface area contributed by atoms with Gasteiger partial charge in [0.15, 0.2) is 16.5 Å². The van der Waals surface area contributed by atoms with Gasteiger partial charge in [-0.2, -0.15) is 0 Å². The molecule has 27 heavy (non-hydrogen) atoms. The Labute approximate surface area is 158 Å². The minimum atomic E-state index is -0.320. The number of rotatable bonds is 3. The van der Waals surface area contributed by atoms with Gasteiger partial charge in [0.1, 0.15) is 0 Å². The van der Waals surface area contributed by atoms with Crippen molar-refractivity contribution in [3.8, 4) is 10.8 Å². The lowest BCUT2D eigenvalue weighted by Gasteiger charge is -2.04. The first-order valence-electron chi connectivity index (χ1n) is 8.38. The molecule has 5 nitrogen and oxygen atoms in total. The number of pyridine rings is 1. The molecule has 1 amide bonds. The number of furan rings is 1. The number of carbonyl (C=O) groups excluding carboxylic acids is 1. The lowest BCUT2D eigenvalue weighted by molar-refractivity contribution is 0.0997. The molecule has 0 unspecified atom stereocenters. The van der Waals surface area contributed by atoms with Crippen LogP contribution in [0.25, 0.3) is 31.9 Å². The smallest absolute Gasteiger partial charge is 0.291 e. The Kier molecular flexibility index (Phi) is 3.69. The Morgan fingerprint density at radius 3 is 2.67 bits per heavy atom. The first kappa shape index (κ1) is 15.7. The molecule has 0 aliphatic rings. The first-order valence-corrected chi connectivity index (χ1v) is 9.20. The molecule has 3 aromatic heterocycles. The number of amides is 1. The zero-order valence-corrected chi connectivity index (χ0v) is 14.9. The molecule has 0 aliphatic carbocycles. The highest BCUT2D eigenvalue weighted by Crippen LogP contribution is 2.31. The Hall–Kier alpha value is -3.51. The molecule has 0 aliphatic heterocycles.